The van der Waals surface area contributed by atoms with Gasteiger partial charge in [-0.3, -0.25) is 0 Å². The molecular weight excluding hydrogens is 202 g/mol. The second-order valence-electron chi connectivity index (χ2n) is 4.74. The van der Waals surface area contributed by atoms with Crippen molar-refractivity contribution in [2.75, 3.05) is 26.2 Å². The van der Waals surface area contributed by atoms with Crippen molar-refractivity contribution in [1.29, 1.82) is 0 Å². The molecule has 1 unspecified atom stereocenters. The summed E-state index contributed by atoms with van der Waals surface area (Å²) in [7, 11) is 0. The van der Waals surface area contributed by atoms with E-state index in [1.165, 1.54) is 19.4 Å². The van der Waals surface area contributed by atoms with Crippen LogP contribution < -0.4 is 0 Å². The van der Waals surface area contributed by atoms with Crippen molar-refractivity contribution in [2.45, 2.75) is 52.1 Å². The molecule has 0 radical (unpaired) electrons. The number of ketones is 1. The molecule has 1 atom stereocenters. The number of hydrogen-bond acceptors (Lipinski definition) is 3. The van der Waals surface area contributed by atoms with Crippen LogP contribution in [0.15, 0.2) is 0 Å². The molecule has 0 bridgehead atoms. The molecular formula is C13H25NO2. The molecule has 0 aromatic carbocycles. The first-order valence-electron chi connectivity index (χ1n) is 6.55. The van der Waals surface area contributed by atoms with Gasteiger partial charge in [-0.1, -0.05) is 6.92 Å². The van der Waals surface area contributed by atoms with Crippen LogP contribution in [0.25, 0.3) is 0 Å². The van der Waals surface area contributed by atoms with Crippen LogP contribution in [0.3, 0.4) is 0 Å². The first kappa shape index (κ1) is 13.7. The third-order valence-electron chi connectivity index (χ3n) is 3.02. The molecule has 3 heteroatoms. The van der Waals surface area contributed by atoms with Gasteiger partial charge >= 0.3 is 0 Å². The molecule has 0 aromatic heterocycles. The zero-order valence-corrected chi connectivity index (χ0v) is 10.7. The lowest BCUT2D eigenvalue weighted by atomic mass is 10.1. The Bertz CT molecular complexity index is 206. The van der Waals surface area contributed by atoms with Crippen LogP contribution in [0.1, 0.15) is 46.0 Å². The molecule has 0 aromatic rings. The van der Waals surface area contributed by atoms with Gasteiger partial charge in [0.1, 0.15) is 5.78 Å². The predicted molar refractivity (Wildman–Crippen MR) is 65.6 cm³/mol. The predicted octanol–water partition coefficient (Wildman–Crippen LogP) is 2.25. The molecule has 1 fully saturated rings. The minimum atomic E-state index is 0.302. The number of carbonyl (C=O) groups excluding carboxylic acids is 1. The smallest absolute Gasteiger partial charge is 0.129 e. The van der Waals surface area contributed by atoms with E-state index in [2.05, 4.69) is 11.8 Å². The monoisotopic (exact) mass is 227 g/mol. The Labute approximate surface area is 99.1 Å². The Morgan fingerprint density at radius 3 is 3.00 bits per heavy atom. The van der Waals surface area contributed by atoms with Crippen molar-refractivity contribution in [2.24, 2.45) is 0 Å². The molecule has 94 valence electrons. The number of hydrogen-bond donors (Lipinski definition) is 0. The molecule has 3 nitrogen and oxygen atoms in total. The quantitative estimate of drug-likeness (QED) is 0.668. The Hall–Kier alpha value is -0.410. The van der Waals surface area contributed by atoms with E-state index in [1.807, 2.05) is 0 Å². The van der Waals surface area contributed by atoms with Gasteiger partial charge in [0, 0.05) is 19.6 Å². The molecule has 0 amide bonds. The fourth-order valence-corrected chi connectivity index (χ4v) is 2.19. The third kappa shape index (κ3) is 5.61. The van der Waals surface area contributed by atoms with Gasteiger partial charge in [-0.25, -0.2) is 0 Å². The molecule has 0 spiro atoms. The summed E-state index contributed by atoms with van der Waals surface area (Å²) < 4.78 is 5.78. The van der Waals surface area contributed by atoms with Crippen LogP contribution in [0.5, 0.6) is 0 Å². The van der Waals surface area contributed by atoms with E-state index in [0.717, 1.165) is 39.0 Å². The van der Waals surface area contributed by atoms with Gasteiger partial charge < -0.3 is 14.4 Å². The third-order valence-corrected chi connectivity index (χ3v) is 3.02. The summed E-state index contributed by atoms with van der Waals surface area (Å²) in [6, 6.07) is 0. The summed E-state index contributed by atoms with van der Waals surface area (Å²) in [6.07, 6.45) is 5.66. The summed E-state index contributed by atoms with van der Waals surface area (Å²) in [6.45, 7) is 7.97. The highest BCUT2D eigenvalue weighted by Gasteiger charge is 2.19. The molecule has 0 N–H and O–H groups in total. The van der Waals surface area contributed by atoms with Crippen LogP contribution in [0.2, 0.25) is 0 Å². The second kappa shape index (κ2) is 7.80. The van der Waals surface area contributed by atoms with Gasteiger partial charge in [0.05, 0.1) is 6.10 Å². The van der Waals surface area contributed by atoms with E-state index < -0.39 is 0 Å². The number of likely N-dealkylation sites (tertiary alicyclic amines) is 1. The SMILES string of the molecule is CCCOC1CCCN(CCCC(C)=O)C1. The standard InChI is InChI=1S/C13H25NO2/c1-3-10-16-13-7-5-9-14(11-13)8-4-6-12(2)15/h13H,3-11H2,1-2H3. The highest BCUT2D eigenvalue weighted by atomic mass is 16.5. The number of carbonyl (C=O) groups is 1. The molecule has 1 aliphatic rings. The lowest BCUT2D eigenvalue weighted by molar-refractivity contribution is -0.117. The largest absolute Gasteiger partial charge is 0.377 e. The van der Waals surface area contributed by atoms with Crippen molar-refractivity contribution in [3.8, 4) is 0 Å². The van der Waals surface area contributed by atoms with Crippen LogP contribution in [0.4, 0.5) is 0 Å². The number of nitrogens with zero attached hydrogens (tertiary/aromatic N) is 1. The highest BCUT2D eigenvalue weighted by molar-refractivity contribution is 5.75. The van der Waals surface area contributed by atoms with Gasteiger partial charge in [0.25, 0.3) is 0 Å². The van der Waals surface area contributed by atoms with Gasteiger partial charge in [0.2, 0.25) is 0 Å². The number of Topliss-reactive ketones (excluding diaryl/α,β-unsaturated/α-hetero) is 1. The maximum atomic E-state index is 10.8. The summed E-state index contributed by atoms with van der Waals surface area (Å²) in [5.41, 5.74) is 0. The van der Waals surface area contributed by atoms with E-state index >= 15 is 0 Å². The normalized spacial score (nSPS) is 22.2. The van der Waals surface area contributed by atoms with E-state index in [9.17, 15) is 4.79 Å². The minimum absolute atomic E-state index is 0.302. The zero-order valence-electron chi connectivity index (χ0n) is 10.7. The van der Waals surface area contributed by atoms with E-state index in [1.54, 1.807) is 6.92 Å². The summed E-state index contributed by atoms with van der Waals surface area (Å²) >= 11 is 0. The molecule has 0 saturated carbocycles. The van der Waals surface area contributed by atoms with Crippen molar-refractivity contribution in [3.05, 3.63) is 0 Å². The van der Waals surface area contributed by atoms with Crippen LogP contribution >= 0.6 is 0 Å². The average molecular weight is 227 g/mol. The zero-order chi connectivity index (χ0) is 11.8. The average Bonchev–Trinajstić information content (AvgIpc) is 2.26. The van der Waals surface area contributed by atoms with Crippen molar-refractivity contribution in [1.82, 2.24) is 4.90 Å². The van der Waals surface area contributed by atoms with Gasteiger partial charge in [-0.2, -0.15) is 0 Å². The molecule has 1 saturated heterocycles. The first-order valence-corrected chi connectivity index (χ1v) is 6.55. The summed E-state index contributed by atoms with van der Waals surface area (Å²) in [5, 5.41) is 0. The van der Waals surface area contributed by atoms with Gasteiger partial charge in [0.15, 0.2) is 0 Å². The van der Waals surface area contributed by atoms with Crippen molar-refractivity contribution in [3.63, 3.8) is 0 Å². The number of ether oxygens (including phenoxy) is 1. The maximum Gasteiger partial charge on any atom is 0.129 e. The maximum absolute atomic E-state index is 10.8. The summed E-state index contributed by atoms with van der Waals surface area (Å²) in [5.74, 6) is 0.302. The van der Waals surface area contributed by atoms with E-state index in [-0.39, 0.29) is 0 Å². The van der Waals surface area contributed by atoms with Gasteiger partial charge in [-0.15, -0.1) is 0 Å². The Kier molecular flexibility index (Phi) is 6.65. The second-order valence-corrected chi connectivity index (χ2v) is 4.74. The minimum Gasteiger partial charge on any atom is -0.377 e. The molecule has 1 rings (SSSR count). The van der Waals surface area contributed by atoms with Crippen LogP contribution in [-0.4, -0.2) is 43.0 Å². The summed E-state index contributed by atoms with van der Waals surface area (Å²) in [4.78, 5) is 13.3. The fraction of sp³-hybridized carbons (Fsp3) is 0.923. The molecule has 16 heavy (non-hydrogen) atoms. The molecule has 1 heterocycles. The lowest BCUT2D eigenvalue weighted by Crippen LogP contribution is -2.40. The first-order chi connectivity index (χ1) is 7.72. The highest BCUT2D eigenvalue weighted by Crippen LogP contribution is 2.14. The van der Waals surface area contributed by atoms with Gasteiger partial charge in [-0.05, 0) is 45.7 Å². The van der Waals surface area contributed by atoms with Crippen LogP contribution in [-0.2, 0) is 9.53 Å². The molecule has 0 aliphatic carbocycles. The topological polar surface area (TPSA) is 29.5 Å². The van der Waals surface area contributed by atoms with Crippen molar-refractivity contribution >= 4 is 5.78 Å². The van der Waals surface area contributed by atoms with Crippen LogP contribution in [0, 0.1) is 0 Å². The Morgan fingerprint density at radius 1 is 1.50 bits per heavy atom. The van der Waals surface area contributed by atoms with E-state index in [4.69, 9.17) is 4.74 Å². The van der Waals surface area contributed by atoms with Crippen molar-refractivity contribution < 1.29 is 9.53 Å². The number of piperidine rings is 1. The van der Waals surface area contributed by atoms with E-state index in [0.29, 0.717) is 11.9 Å². The lowest BCUT2D eigenvalue weighted by Gasteiger charge is -2.32. The Balaban J connectivity index is 2.14. The fourth-order valence-electron chi connectivity index (χ4n) is 2.19. The number of rotatable bonds is 7. The molecule has 1 aliphatic heterocycles. The Morgan fingerprint density at radius 2 is 2.31 bits per heavy atom.